The van der Waals surface area contributed by atoms with Crippen molar-refractivity contribution >= 4 is 26.4 Å². The molecular formula is C26H31FN4O3S. The Labute approximate surface area is 205 Å². The lowest BCUT2D eigenvalue weighted by Gasteiger charge is -2.33. The lowest BCUT2D eigenvalue weighted by molar-refractivity contribution is 0.149. The van der Waals surface area contributed by atoms with E-state index >= 15 is 0 Å². The molecule has 0 aliphatic carbocycles. The number of hydrogen-bond acceptors (Lipinski definition) is 7. The number of halogens is 1. The summed E-state index contributed by atoms with van der Waals surface area (Å²) in [5.41, 5.74) is 8.37. The van der Waals surface area contributed by atoms with E-state index in [4.69, 9.17) is 10.5 Å². The Kier molecular flexibility index (Phi) is 7.39. The van der Waals surface area contributed by atoms with Crippen LogP contribution in [0, 0.1) is 0 Å². The molecule has 7 nitrogen and oxygen atoms in total. The van der Waals surface area contributed by atoms with Crippen LogP contribution in [-0.2, 0) is 16.4 Å². The van der Waals surface area contributed by atoms with E-state index in [1.54, 1.807) is 49.7 Å². The number of likely N-dealkylation sites (tertiary alicyclic amines) is 1. The standard InChI is InChI=1S/C26H31FN4O3S/c1-4-26(19-11-17-5-7-20(34-3)12-24(17)29-15-19)35(32,33)21-8-6-18(14-28)25(13-21)30-23-9-10-31(2)16-22(23)27/h4-8,11-13,15,22-23,26,30H,1,9-10,14,16,28H2,2-3H3. The number of benzene rings is 2. The molecule has 3 N–H and O–H groups in total. The number of alkyl halides is 1. The minimum atomic E-state index is -3.86. The van der Waals surface area contributed by atoms with E-state index in [0.717, 1.165) is 17.5 Å². The molecule has 1 fully saturated rings. The molecule has 2 aromatic carbocycles. The summed E-state index contributed by atoms with van der Waals surface area (Å²) >= 11 is 0. The SMILES string of the molecule is C=CC(c1cnc2cc(OC)ccc2c1)S(=O)(=O)c1ccc(CN)c(NC2CCN(C)CC2F)c1. The molecule has 0 bridgehead atoms. The zero-order valence-electron chi connectivity index (χ0n) is 19.9. The second kappa shape index (κ2) is 10.3. The summed E-state index contributed by atoms with van der Waals surface area (Å²) in [6.07, 6.45) is 2.50. The van der Waals surface area contributed by atoms with E-state index in [-0.39, 0.29) is 11.4 Å². The molecule has 9 heteroatoms. The molecule has 186 valence electrons. The molecule has 0 amide bonds. The van der Waals surface area contributed by atoms with Crippen molar-refractivity contribution in [2.24, 2.45) is 5.73 Å². The van der Waals surface area contributed by atoms with Gasteiger partial charge in [-0.25, -0.2) is 12.8 Å². The summed E-state index contributed by atoms with van der Waals surface area (Å²) < 4.78 is 47.3. The van der Waals surface area contributed by atoms with Crippen molar-refractivity contribution in [2.45, 2.75) is 35.3 Å². The molecule has 3 aromatic rings. The van der Waals surface area contributed by atoms with Crippen LogP contribution < -0.4 is 15.8 Å². The Morgan fingerprint density at radius 1 is 1.31 bits per heavy atom. The number of rotatable bonds is 8. The molecule has 1 aliphatic rings. The fourth-order valence-electron chi connectivity index (χ4n) is 4.45. The Balaban J connectivity index is 1.67. The Bertz CT molecular complexity index is 1330. The first-order chi connectivity index (χ1) is 16.8. The van der Waals surface area contributed by atoms with Crippen molar-refractivity contribution < 1.29 is 17.5 Å². The van der Waals surface area contributed by atoms with Gasteiger partial charge >= 0.3 is 0 Å². The highest BCUT2D eigenvalue weighted by Gasteiger charge is 2.30. The lowest BCUT2D eigenvalue weighted by atomic mass is 10.0. The number of fused-ring (bicyclic) bond motifs is 1. The fourth-order valence-corrected chi connectivity index (χ4v) is 6.03. The van der Waals surface area contributed by atoms with Crippen LogP contribution in [0.5, 0.6) is 5.75 Å². The van der Waals surface area contributed by atoms with Crippen molar-refractivity contribution in [3.63, 3.8) is 0 Å². The van der Waals surface area contributed by atoms with Crippen LogP contribution >= 0.6 is 0 Å². The van der Waals surface area contributed by atoms with Gasteiger partial charge in [-0.2, -0.15) is 0 Å². The highest BCUT2D eigenvalue weighted by Crippen LogP contribution is 2.34. The van der Waals surface area contributed by atoms with Crippen LogP contribution in [0.3, 0.4) is 0 Å². The molecular weight excluding hydrogens is 467 g/mol. The topological polar surface area (TPSA) is 97.5 Å². The van der Waals surface area contributed by atoms with E-state index in [1.165, 1.54) is 6.08 Å². The van der Waals surface area contributed by atoms with Gasteiger partial charge in [0.25, 0.3) is 0 Å². The van der Waals surface area contributed by atoms with Crippen molar-refractivity contribution in [1.29, 1.82) is 0 Å². The third kappa shape index (κ3) is 5.17. The summed E-state index contributed by atoms with van der Waals surface area (Å²) in [4.78, 5) is 6.49. The third-order valence-corrected chi connectivity index (χ3v) is 8.55. The molecule has 0 spiro atoms. The van der Waals surface area contributed by atoms with Gasteiger partial charge in [-0.05, 0) is 54.9 Å². The van der Waals surface area contributed by atoms with Crippen LogP contribution in [0.25, 0.3) is 10.9 Å². The first-order valence-corrected chi connectivity index (χ1v) is 13.0. The van der Waals surface area contributed by atoms with Crippen molar-refractivity contribution in [1.82, 2.24) is 9.88 Å². The fraction of sp³-hybridized carbons (Fsp3) is 0.346. The number of nitrogens with one attached hydrogen (secondary N) is 1. The first-order valence-electron chi connectivity index (χ1n) is 11.5. The molecule has 3 atom stereocenters. The number of methoxy groups -OCH3 is 1. The second-order valence-corrected chi connectivity index (χ2v) is 10.9. The Morgan fingerprint density at radius 2 is 2.11 bits per heavy atom. The maximum atomic E-state index is 14.7. The minimum absolute atomic E-state index is 0.111. The minimum Gasteiger partial charge on any atom is -0.497 e. The number of piperidine rings is 1. The van der Waals surface area contributed by atoms with Gasteiger partial charge in [0.05, 0.1) is 23.6 Å². The number of pyridine rings is 1. The maximum Gasteiger partial charge on any atom is 0.189 e. The number of anilines is 1. The molecule has 4 rings (SSSR count). The van der Waals surface area contributed by atoms with Gasteiger partial charge < -0.3 is 20.7 Å². The van der Waals surface area contributed by atoms with Gasteiger partial charge in [-0.1, -0.05) is 12.1 Å². The highest BCUT2D eigenvalue weighted by molar-refractivity contribution is 7.91. The van der Waals surface area contributed by atoms with Gasteiger partial charge in [0, 0.05) is 43.0 Å². The van der Waals surface area contributed by atoms with Crippen molar-refractivity contribution in [2.75, 3.05) is 32.6 Å². The van der Waals surface area contributed by atoms with Gasteiger partial charge in [-0.15, -0.1) is 6.58 Å². The zero-order valence-corrected chi connectivity index (χ0v) is 20.8. The molecule has 1 saturated heterocycles. The van der Waals surface area contributed by atoms with Crippen LogP contribution in [-0.4, -0.2) is 57.8 Å². The smallest absolute Gasteiger partial charge is 0.189 e. The highest BCUT2D eigenvalue weighted by atomic mass is 32.2. The zero-order chi connectivity index (χ0) is 25.2. The normalized spacial score (nSPS) is 19.9. The Hall–Kier alpha value is -3.01. The number of nitrogens with zero attached hydrogens (tertiary/aromatic N) is 2. The summed E-state index contributed by atoms with van der Waals surface area (Å²) in [7, 11) is -0.399. The van der Waals surface area contributed by atoms with E-state index < -0.39 is 27.3 Å². The number of ether oxygens (including phenoxy) is 1. The molecule has 1 aromatic heterocycles. The first kappa shape index (κ1) is 25.1. The van der Waals surface area contributed by atoms with Gasteiger partial charge in [0.15, 0.2) is 9.84 Å². The lowest BCUT2D eigenvalue weighted by Crippen LogP contribution is -2.46. The average Bonchev–Trinajstić information content (AvgIpc) is 2.85. The molecule has 2 heterocycles. The largest absolute Gasteiger partial charge is 0.497 e. The van der Waals surface area contributed by atoms with Crippen LogP contribution in [0.1, 0.15) is 22.8 Å². The van der Waals surface area contributed by atoms with E-state index in [1.807, 2.05) is 18.0 Å². The number of hydrogen-bond donors (Lipinski definition) is 2. The predicted octanol–water partition coefficient (Wildman–Crippen LogP) is 3.86. The summed E-state index contributed by atoms with van der Waals surface area (Å²) in [5, 5.41) is 3.01. The molecule has 0 saturated carbocycles. The average molecular weight is 499 g/mol. The maximum absolute atomic E-state index is 14.7. The molecule has 3 unspecified atom stereocenters. The molecule has 1 aliphatic heterocycles. The van der Waals surface area contributed by atoms with Gasteiger partial charge in [0.2, 0.25) is 0 Å². The summed E-state index contributed by atoms with van der Waals surface area (Å²) in [5.74, 6) is 0.672. The van der Waals surface area contributed by atoms with E-state index in [9.17, 15) is 12.8 Å². The summed E-state index contributed by atoms with van der Waals surface area (Å²) in [6, 6.07) is 11.6. The number of nitrogens with two attached hydrogens (primary N) is 1. The van der Waals surface area contributed by atoms with Gasteiger partial charge in [-0.3, -0.25) is 4.98 Å². The Morgan fingerprint density at radius 3 is 2.80 bits per heavy atom. The van der Waals surface area contributed by atoms with Gasteiger partial charge in [0.1, 0.15) is 17.2 Å². The second-order valence-electron chi connectivity index (χ2n) is 8.87. The quantitative estimate of drug-likeness (QED) is 0.455. The number of aromatic nitrogens is 1. The summed E-state index contributed by atoms with van der Waals surface area (Å²) in [6.45, 7) is 5.07. The predicted molar refractivity (Wildman–Crippen MR) is 137 cm³/mol. The van der Waals surface area contributed by atoms with Crippen LogP contribution in [0.15, 0.2) is 66.2 Å². The molecule has 0 radical (unpaired) electrons. The monoisotopic (exact) mass is 498 g/mol. The molecule has 35 heavy (non-hydrogen) atoms. The number of sulfone groups is 1. The van der Waals surface area contributed by atoms with Crippen molar-refractivity contribution in [3.05, 3.63) is 72.4 Å². The van der Waals surface area contributed by atoms with E-state index in [2.05, 4.69) is 16.9 Å². The van der Waals surface area contributed by atoms with Crippen molar-refractivity contribution in [3.8, 4) is 5.75 Å². The van der Waals surface area contributed by atoms with Crippen LogP contribution in [0.4, 0.5) is 10.1 Å². The van der Waals surface area contributed by atoms with Crippen LogP contribution in [0.2, 0.25) is 0 Å². The third-order valence-electron chi connectivity index (χ3n) is 6.50. The van der Waals surface area contributed by atoms with E-state index in [0.29, 0.717) is 35.5 Å².